The molecule has 0 spiro atoms. The van der Waals surface area contributed by atoms with Gasteiger partial charge in [-0.25, -0.2) is 4.98 Å². The van der Waals surface area contributed by atoms with Crippen LogP contribution in [0.1, 0.15) is 10.4 Å². The molecule has 0 atom stereocenters. The molecule has 0 saturated carbocycles. The molecule has 0 aliphatic carbocycles. The van der Waals surface area contributed by atoms with Crippen molar-refractivity contribution in [3.05, 3.63) is 60.6 Å². The van der Waals surface area contributed by atoms with E-state index in [2.05, 4.69) is 15.2 Å². The van der Waals surface area contributed by atoms with Gasteiger partial charge in [-0.1, -0.05) is 11.8 Å². The number of furan rings is 2. The first-order valence-electron chi connectivity index (χ1n) is 8.51. The molecule has 1 aromatic carbocycles. The highest BCUT2D eigenvalue weighted by Crippen LogP contribution is 2.31. The Morgan fingerprint density at radius 3 is 2.45 bits per heavy atom. The van der Waals surface area contributed by atoms with Crippen molar-refractivity contribution in [2.75, 3.05) is 12.9 Å². The summed E-state index contributed by atoms with van der Waals surface area (Å²) in [6, 6.07) is 11.5. The van der Waals surface area contributed by atoms with Crippen LogP contribution in [-0.4, -0.2) is 38.9 Å². The lowest BCUT2D eigenvalue weighted by atomic mass is 10.1. The first kappa shape index (κ1) is 18.8. The number of carbonyl (C=O) groups excluding carboxylic acids is 1. The second kappa shape index (κ2) is 8.19. The van der Waals surface area contributed by atoms with E-state index in [1.165, 1.54) is 37.8 Å². The van der Waals surface area contributed by atoms with Gasteiger partial charge in [-0.3, -0.25) is 4.79 Å². The molecule has 1 N–H and O–H groups in total. The quantitative estimate of drug-likeness (QED) is 0.356. The van der Waals surface area contributed by atoms with Gasteiger partial charge in [0, 0.05) is 5.56 Å². The summed E-state index contributed by atoms with van der Waals surface area (Å²) < 4.78 is 15.9. The lowest BCUT2D eigenvalue weighted by Gasteiger charge is -2.07. The molecular weight excluding hydrogens is 394 g/mol. The maximum atomic E-state index is 12.5. The molecule has 0 fully saturated rings. The van der Waals surface area contributed by atoms with Gasteiger partial charge in [-0.2, -0.15) is 0 Å². The minimum atomic E-state index is -0.161. The molecule has 0 amide bonds. The number of ketones is 1. The molecule has 3 heterocycles. The van der Waals surface area contributed by atoms with E-state index in [-0.39, 0.29) is 23.0 Å². The average molecular weight is 409 g/mol. The second-order valence-electron chi connectivity index (χ2n) is 5.84. The Kier molecular flexibility index (Phi) is 5.30. The van der Waals surface area contributed by atoms with Gasteiger partial charge in [0.1, 0.15) is 5.69 Å². The molecule has 4 aromatic rings. The lowest BCUT2D eigenvalue weighted by molar-refractivity contribution is 0.102. The summed E-state index contributed by atoms with van der Waals surface area (Å²) in [5, 5.41) is 18.3. The number of benzene rings is 1. The minimum Gasteiger partial charge on any atom is -0.504 e. The molecule has 146 valence electrons. The maximum absolute atomic E-state index is 12.5. The van der Waals surface area contributed by atoms with E-state index < -0.39 is 0 Å². The van der Waals surface area contributed by atoms with Gasteiger partial charge >= 0.3 is 0 Å². The number of ether oxygens (including phenoxy) is 1. The SMILES string of the molecule is COc1cc(C(=O)CSc2nnc(-c3ccco3)c(-c3ccco3)n2)ccc1O. The Hall–Kier alpha value is -3.59. The number of carbonyl (C=O) groups is 1. The van der Waals surface area contributed by atoms with E-state index in [9.17, 15) is 9.90 Å². The Morgan fingerprint density at radius 1 is 1.07 bits per heavy atom. The second-order valence-corrected chi connectivity index (χ2v) is 6.79. The monoisotopic (exact) mass is 409 g/mol. The van der Waals surface area contributed by atoms with Crippen LogP contribution < -0.4 is 4.74 Å². The largest absolute Gasteiger partial charge is 0.504 e. The fourth-order valence-electron chi connectivity index (χ4n) is 2.60. The van der Waals surface area contributed by atoms with Crippen molar-refractivity contribution in [2.45, 2.75) is 5.16 Å². The number of hydrogen-bond acceptors (Lipinski definition) is 9. The van der Waals surface area contributed by atoms with Crippen LogP contribution in [0.2, 0.25) is 0 Å². The third kappa shape index (κ3) is 3.99. The molecule has 8 nitrogen and oxygen atoms in total. The summed E-state index contributed by atoms with van der Waals surface area (Å²) in [6.45, 7) is 0. The summed E-state index contributed by atoms with van der Waals surface area (Å²) >= 11 is 1.15. The van der Waals surface area contributed by atoms with E-state index in [0.717, 1.165) is 11.8 Å². The van der Waals surface area contributed by atoms with Gasteiger partial charge in [-0.05, 0) is 42.5 Å². The number of Topliss-reactive ketones (excluding diaryl/α,β-unsaturated/α-hetero) is 1. The van der Waals surface area contributed by atoms with Crippen molar-refractivity contribution in [3.63, 3.8) is 0 Å². The van der Waals surface area contributed by atoms with Crippen LogP contribution in [0.5, 0.6) is 11.5 Å². The highest BCUT2D eigenvalue weighted by molar-refractivity contribution is 7.99. The van der Waals surface area contributed by atoms with Crippen LogP contribution in [0.3, 0.4) is 0 Å². The fraction of sp³-hybridized carbons (Fsp3) is 0.100. The summed E-state index contributed by atoms with van der Waals surface area (Å²) in [6.07, 6.45) is 3.08. The van der Waals surface area contributed by atoms with Crippen LogP contribution in [0, 0.1) is 0 Å². The van der Waals surface area contributed by atoms with E-state index in [4.69, 9.17) is 13.6 Å². The van der Waals surface area contributed by atoms with Crippen molar-refractivity contribution >= 4 is 17.5 Å². The van der Waals surface area contributed by atoms with E-state index in [1.54, 1.807) is 24.3 Å². The van der Waals surface area contributed by atoms with Crippen LogP contribution in [-0.2, 0) is 0 Å². The third-order valence-electron chi connectivity index (χ3n) is 4.01. The van der Waals surface area contributed by atoms with Gasteiger partial charge in [-0.15, -0.1) is 10.2 Å². The number of aromatic hydroxyl groups is 1. The number of aromatic nitrogens is 3. The minimum absolute atomic E-state index is 0.0270. The number of phenols is 1. The summed E-state index contributed by atoms with van der Waals surface area (Å²) in [4.78, 5) is 17.0. The Balaban J connectivity index is 1.57. The Labute approximate surface area is 169 Å². The number of nitrogens with zero attached hydrogens (tertiary/aromatic N) is 3. The molecule has 0 unspecified atom stereocenters. The summed E-state index contributed by atoms with van der Waals surface area (Å²) in [7, 11) is 1.42. The normalized spacial score (nSPS) is 10.8. The highest BCUT2D eigenvalue weighted by Gasteiger charge is 2.19. The summed E-state index contributed by atoms with van der Waals surface area (Å²) in [5.41, 5.74) is 1.34. The number of methoxy groups -OCH3 is 1. The van der Waals surface area contributed by atoms with Gasteiger partial charge < -0.3 is 18.7 Å². The molecule has 0 aliphatic rings. The van der Waals surface area contributed by atoms with Crippen molar-refractivity contribution < 1.29 is 23.5 Å². The maximum Gasteiger partial charge on any atom is 0.210 e. The number of phenolic OH excluding ortho intramolecular Hbond substituents is 1. The van der Waals surface area contributed by atoms with Gasteiger partial charge in [0.05, 0.1) is 25.4 Å². The smallest absolute Gasteiger partial charge is 0.210 e. The van der Waals surface area contributed by atoms with Crippen molar-refractivity contribution in [1.82, 2.24) is 15.2 Å². The molecule has 0 bridgehead atoms. The zero-order valence-corrected chi connectivity index (χ0v) is 16.0. The first-order chi connectivity index (χ1) is 14.2. The molecule has 3 aromatic heterocycles. The average Bonchev–Trinajstić information content (AvgIpc) is 3.46. The number of rotatable bonds is 7. The highest BCUT2D eigenvalue weighted by atomic mass is 32.2. The third-order valence-corrected chi connectivity index (χ3v) is 4.85. The van der Waals surface area contributed by atoms with Crippen molar-refractivity contribution in [1.29, 1.82) is 0 Å². The predicted molar refractivity (Wildman–Crippen MR) is 105 cm³/mol. The van der Waals surface area contributed by atoms with Crippen LogP contribution in [0.25, 0.3) is 22.9 Å². The van der Waals surface area contributed by atoms with E-state index in [1.807, 2.05) is 0 Å². The fourth-order valence-corrected chi connectivity index (χ4v) is 3.28. The zero-order valence-electron chi connectivity index (χ0n) is 15.2. The summed E-state index contributed by atoms with van der Waals surface area (Å²) in [5.74, 6) is 1.17. The Bertz CT molecular complexity index is 1130. The van der Waals surface area contributed by atoms with Crippen molar-refractivity contribution in [2.24, 2.45) is 0 Å². The van der Waals surface area contributed by atoms with Crippen LogP contribution in [0.4, 0.5) is 0 Å². The lowest BCUT2D eigenvalue weighted by Crippen LogP contribution is -2.05. The molecular formula is C20H15N3O5S. The predicted octanol–water partition coefficient (Wildman–Crippen LogP) is 4.08. The first-order valence-corrected chi connectivity index (χ1v) is 9.49. The van der Waals surface area contributed by atoms with Gasteiger partial charge in [0.2, 0.25) is 5.16 Å². The topological polar surface area (TPSA) is 111 Å². The van der Waals surface area contributed by atoms with E-state index in [0.29, 0.717) is 33.6 Å². The zero-order chi connectivity index (χ0) is 20.2. The van der Waals surface area contributed by atoms with Gasteiger partial charge in [0.25, 0.3) is 0 Å². The standard InChI is InChI=1S/C20H15N3O5S/c1-26-17-10-12(6-7-13(17)24)14(25)11-29-20-21-18(15-4-2-8-27-15)19(22-23-20)16-5-3-9-28-16/h2-10,24H,11H2,1H3. The molecule has 0 saturated heterocycles. The molecule has 0 radical (unpaired) electrons. The van der Waals surface area contributed by atoms with E-state index >= 15 is 0 Å². The molecule has 4 rings (SSSR count). The van der Waals surface area contributed by atoms with Crippen LogP contribution >= 0.6 is 11.8 Å². The Morgan fingerprint density at radius 2 is 1.79 bits per heavy atom. The molecule has 29 heavy (non-hydrogen) atoms. The molecule has 0 aliphatic heterocycles. The van der Waals surface area contributed by atoms with Gasteiger partial charge in [0.15, 0.2) is 34.5 Å². The van der Waals surface area contributed by atoms with Crippen molar-refractivity contribution in [3.8, 4) is 34.4 Å². The number of hydrogen-bond donors (Lipinski definition) is 1. The number of thioether (sulfide) groups is 1. The molecule has 9 heteroatoms. The van der Waals surface area contributed by atoms with Crippen LogP contribution in [0.15, 0.2) is 69.0 Å².